The number of hydrogen-bond donors (Lipinski definition) is 2. The Morgan fingerprint density at radius 3 is 2.44 bits per heavy atom. The summed E-state index contributed by atoms with van der Waals surface area (Å²) >= 11 is 0. The monoisotopic (exact) mass is 429 g/mol. The number of nitrogens with zero attached hydrogens (tertiary/aromatic N) is 1. The molecule has 3 aromatic carbocycles. The third kappa shape index (κ3) is 5.28. The van der Waals surface area contributed by atoms with E-state index in [4.69, 9.17) is 9.73 Å². The second-order valence-electron chi connectivity index (χ2n) is 9.39. The smallest absolute Gasteiger partial charge is 0.408 e. The van der Waals surface area contributed by atoms with Gasteiger partial charge in [0.05, 0.1) is 18.1 Å². The van der Waals surface area contributed by atoms with Gasteiger partial charge in [-0.3, -0.25) is 4.99 Å². The number of amides is 1. The van der Waals surface area contributed by atoms with Crippen LogP contribution in [0.4, 0.5) is 4.79 Å². The van der Waals surface area contributed by atoms with E-state index in [9.17, 15) is 4.79 Å². The lowest BCUT2D eigenvalue weighted by atomic mass is 10.0. The van der Waals surface area contributed by atoms with Crippen molar-refractivity contribution in [3.63, 3.8) is 0 Å². The Kier molecular flexibility index (Phi) is 6.17. The Bertz CT molecular complexity index is 1120. The topological polar surface area (TPSA) is 62.7 Å². The second-order valence-corrected chi connectivity index (χ2v) is 9.39. The normalized spacial score (nSPS) is 19.2. The highest BCUT2D eigenvalue weighted by Crippen LogP contribution is 2.27. The highest BCUT2D eigenvalue weighted by atomic mass is 16.6. The van der Waals surface area contributed by atoms with Gasteiger partial charge >= 0.3 is 6.09 Å². The number of carbonyl (C=O) groups is 1. The number of nitrogens with one attached hydrogen (secondary N) is 2. The summed E-state index contributed by atoms with van der Waals surface area (Å²) in [4.78, 5) is 17.6. The molecule has 0 aromatic heterocycles. The van der Waals surface area contributed by atoms with E-state index < -0.39 is 11.7 Å². The molecule has 0 radical (unpaired) electrons. The summed E-state index contributed by atoms with van der Waals surface area (Å²) in [5.41, 5.74) is 1.72. The minimum atomic E-state index is -0.567. The Morgan fingerprint density at radius 1 is 1.03 bits per heavy atom. The molecule has 4 rings (SSSR count). The van der Waals surface area contributed by atoms with Crippen molar-refractivity contribution in [1.29, 1.82) is 0 Å². The molecule has 0 spiro atoms. The molecule has 3 aromatic rings. The summed E-state index contributed by atoms with van der Waals surface area (Å²) in [7, 11) is 0. The van der Waals surface area contributed by atoms with Crippen molar-refractivity contribution in [3.05, 3.63) is 83.9 Å². The Morgan fingerprint density at radius 2 is 1.72 bits per heavy atom. The van der Waals surface area contributed by atoms with Gasteiger partial charge in [0, 0.05) is 6.42 Å². The molecule has 0 aliphatic carbocycles. The van der Waals surface area contributed by atoms with Gasteiger partial charge in [0.1, 0.15) is 11.4 Å². The number of hydrogen-bond acceptors (Lipinski definition) is 4. The first-order valence-electron chi connectivity index (χ1n) is 11.1. The van der Waals surface area contributed by atoms with Gasteiger partial charge in [-0.1, -0.05) is 72.8 Å². The van der Waals surface area contributed by atoms with Crippen LogP contribution in [-0.2, 0) is 11.2 Å². The standard InChI is InChI=1S/C27H31N3O2/c1-18-24(21-11-6-5-7-12-21)30-25(28-18)23(29-26(31)32-27(2,3)4)17-19-14-15-20-10-8-9-13-22(20)16-19/h5-16,18,23-24H,17H2,1-4H3,(H,28,30)(H,29,31)/t18?,23-,24?/m1/s1. The van der Waals surface area contributed by atoms with Crippen LogP contribution in [0.3, 0.4) is 0 Å². The molecule has 0 fully saturated rings. The van der Waals surface area contributed by atoms with Crippen LogP contribution in [0.5, 0.6) is 0 Å². The third-order valence-electron chi connectivity index (χ3n) is 5.54. The number of ether oxygens (including phenoxy) is 1. The molecule has 1 aliphatic rings. The van der Waals surface area contributed by atoms with E-state index in [1.807, 2.05) is 51.1 Å². The highest BCUT2D eigenvalue weighted by Gasteiger charge is 2.32. The molecule has 0 bridgehead atoms. The number of aliphatic imine (C=N–C) groups is 1. The minimum Gasteiger partial charge on any atom is -0.444 e. The molecular weight excluding hydrogens is 398 g/mol. The summed E-state index contributed by atoms with van der Waals surface area (Å²) in [5.74, 6) is 0.783. The zero-order valence-electron chi connectivity index (χ0n) is 19.1. The van der Waals surface area contributed by atoms with Crippen molar-refractivity contribution in [1.82, 2.24) is 10.6 Å². The quantitative estimate of drug-likeness (QED) is 0.570. The predicted octanol–water partition coefficient (Wildman–Crippen LogP) is 5.41. The summed E-state index contributed by atoms with van der Waals surface area (Å²) < 4.78 is 5.54. The maximum Gasteiger partial charge on any atom is 0.408 e. The van der Waals surface area contributed by atoms with Gasteiger partial charge in [-0.05, 0) is 49.6 Å². The molecule has 5 heteroatoms. The first-order chi connectivity index (χ1) is 15.3. The molecule has 2 unspecified atom stereocenters. The van der Waals surface area contributed by atoms with Crippen molar-refractivity contribution >= 4 is 22.7 Å². The van der Waals surface area contributed by atoms with E-state index in [1.54, 1.807) is 0 Å². The van der Waals surface area contributed by atoms with Gasteiger partial charge in [0.15, 0.2) is 0 Å². The van der Waals surface area contributed by atoms with Crippen molar-refractivity contribution in [3.8, 4) is 0 Å². The van der Waals surface area contributed by atoms with E-state index >= 15 is 0 Å². The number of fused-ring (bicyclic) bond motifs is 1. The van der Waals surface area contributed by atoms with Crippen LogP contribution >= 0.6 is 0 Å². The molecule has 1 amide bonds. The van der Waals surface area contributed by atoms with Crippen LogP contribution in [0, 0.1) is 0 Å². The molecule has 0 saturated carbocycles. The summed E-state index contributed by atoms with van der Waals surface area (Å²) in [6.45, 7) is 7.71. The number of carbonyl (C=O) groups excluding carboxylic acids is 1. The lowest BCUT2D eigenvalue weighted by Gasteiger charge is -2.24. The molecular formula is C27H31N3O2. The third-order valence-corrected chi connectivity index (χ3v) is 5.54. The van der Waals surface area contributed by atoms with Gasteiger partial charge in [-0.2, -0.15) is 0 Å². The van der Waals surface area contributed by atoms with Gasteiger partial charge in [0.2, 0.25) is 0 Å². The lowest BCUT2D eigenvalue weighted by molar-refractivity contribution is 0.0517. The van der Waals surface area contributed by atoms with E-state index in [0.29, 0.717) is 6.42 Å². The lowest BCUT2D eigenvalue weighted by Crippen LogP contribution is -2.49. The first-order valence-corrected chi connectivity index (χ1v) is 11.1. The SMILES string of the molecule is CC1NC([C@@H](Cc2ccc3ccccc3c2)NC(=O)OC(C)(C)C)=NC1c1ccccc1. The molecule has 1 aliphatic heterocycles. The van der Waals surface area contributed by atoms with Gasteiger partial charge in [-0.25, -0.2) is 4.79 Å². The van der Waals surface area contributed by atoms with Crippen molar-refractivity contribution in [2.24, 2.45) is 4.99 Å². The molecule has 2 N–H and O–H groups in total. The zero-order chi connectivity index (χ0) is 22.7. The number of alkyl carbamates (subject to hydrolysis) is 1. The van der Waals surface area contributed by atoms with Gasteiger partial charge in [-0.15, -0.1) is 0 Å². The van der Waals surface area contributed by atoms with Crippen LogP contribution in [0.15, 0.2) is 77.8 Å². The highest BCUT2D eigenvalue weighted by molar-refractivity contribution is 5.92. The largest absolute Gasteiger partial charge is 0.444 e. The Labute approximate surface area is 189 Å². The fourth-order valence-corrected chi connectivity index (χ4v) is 4.08. The Hall–Kier alpha value is -3.34. The van der Waals surface area contributed by atoms with Gasteiger partial charge in [0.25, 0.3) is 0 Å². The fraction of sp³-hybridized carbons (Fsp3) is 0.333. The second kappa shape index (κ2) is 9.03. The Balaban J connectivity index is 1.61. The van der Waals surface area contributed by atoms with Crippen LogP contribution in [0.25, 0.3) is 10.8 Å². The van der Waals surface area contributed by atoms with E-state index in [0.717, 1.165) is 17.0 Å². The van der Waals surface area contributed by atoms with E-state index in [-0.39, 0.29) is 18.1 Å². The first kappa shape index (κ1) is 21.9. The number of benzene rings is 3. The molecule has 3 atom stereocenters. The molecule has 0 saturated heterocycles. The van der Waals surface area contributed by atoms with E-state index in [1.165, 1.54) is 10.8 Å². The summed E-state index contributed by atoms with van der Waals surface area (Å²) in [6.07, 6.45) is 0.174. The van der Waals surface area contributed by atoms with Gasteiger partial charge < -0.3 is 15.4 Å². The zero-order valence-corrected chi connectivity index (χ0v) is 19.1. The van der Waals surface area contributed by atoms with Crippen LogP contribution in [0.1, 0.15) is 44.9 Å². The van der Waals surface area contributed by atoms with Crippen LogP contribution in [-0.4, -0.2) is 29.6 Å². The molecule has 5 nitrogen and oxygen atoms in total. The minimum absolute atomic E-state index is 0.00531. The van der Waals surface area contributed by atoms with Crippen LogP contribution < -0.4 is 10.6 Å². The average Bonchev–Trinajstić information content (AvgIpc) is 3.14. The molecule has 1 heterocycles. The van der Waals surface area contributed by atoms with Crippen LogP contribution in [0.2, 0.25) is 0 Å². The summed E-state index contributed by atoms with van der Waals surface area (Å²) in [5, 5.41) is 8.93. The maximum atomic E-state index is 12.6. The van der Waals surface area contributed by atoms with Crippen molar-refractivity contribution < 1.29 is 9.53 Å². The maximum absolute atomic E-state index is 12.6. The summed E-state index contributed by atoms with van der Waals surface area (Å²) in [6, 6.07) is 24.8. The van der Waals surface area contributed by atoms with Crippen molar-refractivity contribution in [2.45, 2.75) is 57.8 Å². The molecule has 166 valence electrons. The number of rotatable bonds is 5. The predicted molar refractivity (Wildman–Crippen MR) is 130 cm³/mol. The van der Waals surface area contributed by atoms with E-state index in [2.05, 4.69) is 60.0 Å². The average molecular weight is 430 g/mol. The fourth-order valence-electron chi connectivity index (χ4n) is 4.08. The molecule has 32 heavy (non-hydrogen) atoms. The van der Waals surface area contributed by atoms with Crippen molar-refractivity contribution in [2.75, 3.05) is 0 Å². The number of amidine groups is 1.